The summed E-state index contributed by atoms with van der Waals surface area (Å²) < 4.78 is 17.3. The maximum Gasteiger partial charge on any atom is 0.173 e. The van der Waals surface area contributed by atoms with E-state index in [0.717, 1.165) is 32.1 Å². The lowest BCUT2D eigenvalue weighted by atomic mass is 9.60. The fraction of sp³-hybridized carbons (Fsp3) is 0.824. The van der Waals surface area contributed by atoms with Crippen LogP contribution in [0.5, 0.6) is 0 Å². The van der Waals surface area contributed by atoms with Crippen LogP contribution in [0.25, 0.3) is 0 Å². The third-order valence-corrected chi connectivity index (χ3v) is 6.27. The van der Waals surface area contributed by atoms with Crippen LogP contribution in [0.4, 0.5) is 0 Å². The monoisotopic (exact) mass is 339 g/mol. The lowest BCUT2D eigenvalue weighted by Crippen LogP contribution is -2.48. The topological polar surface area (TPSA) is 71.7 Å². The van der Waals surface area contributed by atoms with Crippen molar-refractivity contribution < 1.29 is 18.8 Å². The molecule has 0 radical (unpaired) electrons. The van der Waals surface area contributed by atoms with Crippen LogP contribution < -0.4 is 0 Å². The van der Waals surface area contributed by atoms with Gasteiger partial charge >= 0.3 is 0 Å². The first kappa shape index (κ1) is 17.2. The fourth-order valence-corrected chi connectivity index (χ4v) is 5.27. The third-order valence-electron chi connectivity index (χ3n) is 6.02. The lowest BCUT2D eigenvalue weighted by molar-refractivity contribution is -0.210. The van der Waals surface area contributed by atoms with Gasteiger partial charge in [0.15, 0.2) is 5.79 Å². The third kappa shape index (κ3) is 2.83. The number of thiol groups is 1. The molecule has 23 heavy (non-hydrogen) atoms. The van der Waals surface area contributed by atoms with Crippen molar-refractivity contribution in [3.8, 4) is 6.07 Å². The number of hydrogen-bond donors (Lipinski definition) is 2. The van der Waals surface area contributed by atoms with Crippen LogP contribution in [0.1, 0.15) is 38.5 Å². The van der Waals surface area contributed by atoms with Gasteiger partial charge in [0, 0.05) is 12.3 Å². The first-order chi connectivity index (χ1) is 11.1. The lowest BCUT2D eigenvalue weighted by Gasteiger charge is -2.47. The Bertz CT molecular complexity index is 499. The zero-order valence-corrected chi connectivity index (χ0v) is 14.3. The van der Waals surface area contributed by atoms with Gasteiger partial charge in [-0.2, -0.15) is 5.26 Å². The smallest absolute Gasteiger partial charge is 0.173 e. The van der Waals surface area contributed by atoms with E-state index >= 15 is 0 Å². The number of nitrogens with zero attached hydrogens (tertiary/aromatic N) is 1. The predicted molar refractivity (Wildman–Crippen MR) is 87.4 cm³/mol. The van der Waals surface area contributed by atoms with E-state index in [4.69, 9.17) is 13.7 Å². The van der Waals surface area contributed by atoms with Crippen molar-refractivity contribution in [1.82, 2.24) is 0 Å². The number of ether oxygens (including phenoxy) is 2. The number of hydrogen-bond acceptors (Lipinski definition) is 6. The molecule has 6 heteroatoms. The number of fused-ring (bicyclic) bond motifs is 2. The molecule has 1 saturated heterocycles. The summed E-state index contributed by atoms with van der Waals surface area (Å²) in [4.78, 5) is 0. The van der Waals surface area contributed by atoms with Gasteiger partial charge in [-0.15, -0.1) is 0 Å². The van der Waals surface area contributed by atoms with E-state index in [9.17, 15) is 10.4 Å². The van der Waals surface area contributed by atoms with Crippen LogP contribution in [-0.4, -0.2) is 36.8 Å². The van der Waals surface area contributed by atoms with Gasteiger partial charge in [-0.1, -0.05) is 13.0 Å². The molecular formula is C17H25NO4S. The molecule has 0 aromatic heterocycles. The Morgan fingerprint density at radius 3 is 2.74 bits per heavy atom. The van der Waals surface area contributed by atoms with E-state index in [1.54, 1.807) is 0 Å². The molecule has 128 valence electrons. The quantitative estimate of drug-likeness (QED) is 0.458. The standard InChI is InChI=1S/C17H25NO4S/c1-12(11-19)14(22-23)9-16-4-2-3-13(10-18)15(16)17(6-5-16)20-7-8-21-17/h13-15,19,23H,1-9,11H2/t13?,14-,15?,16?/m0/s1. The summed E-state index contributed by atoms with van der Waals surface area (Å²) in [6, 6.07) is 2.49. The maximum absolute atomic E-state index is 9.68. The highest BCUT2D eigenvalue weighted by Crippen LogP contribution is 2.63. The van der Waals surface area contributed by atoms with Crippen molar-refractivity contribution in [2.45, 2.75) is 50.4 Å². The van der Waals surface area contributed by atoms with Gasteiger partial charge in [-0.05, 0) is 49.6 Å². The molecule has 0 bridgehead atoms. The van der Waals surface area contributed by atoms with Gasteiger partial charge in [0.25, 0.3) is 0 Å². The van der Waals surface area contributed by atoms with Crippen LogP contribution >= 0.6 is 12.9 Å². The molecule has 2 saturated carbocycles. The van der Waals surface area contributed by atoms with Crippen LogP contribution in [0.3, 0.4) is 0 Å². The maximum atomic E-state index is 9.68. The summed E-state index contributed by atoms with van der Waals surface area (Å²) in [6.45, 7) is 4.97. The Morgan fingerprint density at radius 1 is 1.39 bits per heavy atom. The zero-order valence-electron chi connectivity index (χ0n) is 13.4. The van der Waals surface area contributed by atoms with Crippen molar-refractivity contribution in [2.75, 3.05) is 19.8 Å². The fourth-order valence-electron chi connectivity index (χ4n) is 5.05. The molecule has 0 aromatic rings. The van der Waals surface area contributed by atoms with Crippen molar-refractivity contribution in [3.63, 3.8) is 0 Å². The van der Waals surface area contributed by atoms with Gasteiger partial charge in [-0.3, -0.25) is 0 Å². The number of nitriles is 1. The van der Waals surface area contributed by atoms with E-state index in [0.29, 0.717) is 25.2 Å². The first-order valence-corrected chi connectivity index (χ1v) is 8.73. The van der Waals surface area contributed by atoms with Crippen molar-refractivity contribution in [3.05, 3.63) is 12.2 Å². The largest absolute Gasteiger partial charge is 0.392 e. The van der Waals surface area contributed by atoms with Gasteiger partial charge in [0.2, 0.25) is 0 Å². The molecule has 0 aromatic carbocycles. The Hall–Kier alpha value is -0.580. The van der Waals surface area contributed by atoms with E-state index in [1.807, 2.05) is 0 Å². The number of aliphatic hydroxyl groups is 1. The van der Waals surface area contributed by atoms with E-state index in [-0.39, 0.29) is 30.0 Å². The molecule has 3 fully saturated rings. The Balaban J connectivity index is 1.91. The summed E-state index contributed by atoms with van der Waals surface area (Å²) in [6.07, 6.45) is 5.09. The average Bonchev–Trinajstić information content (AvgIpc) is 3.18. The number of aliphatic hydroxyl groups excluding tert-OH is 1. The minimum atomic E-state index is -0.609. The van der Waals surface area contributed by atoms with Crippen LogP contribution in [-0.2, 0) is 13.7 Å². The normalized spacial score (nSPS) is 36.6. The highest BCUT2D eigenvalue weighted by Gasteiger charge is 2.64. The molecule has 3 unspecified atom stereocenters. The van der Waals surface area contributed by atoms with Gasteiger partial charge in [-0.25, -0.2) is 0 Å². The molecule has 3 rings (SSSR count). The van der Waals surface area contributed by atoms with E-state index in [1.165, 1.54) is 0 Å². The van der Waals surface area contributed by atoms with Crippen molar-refractivity contribution >= 4 is 12.9 Å². The Kier molecular flexibility index (Phi) is 5.05. The van der Waals surface area contributed by atoms with E-state index in [2.05, 4.69) is 25.6 Å². The SMILES string of the molecule is C=C(CO)[C@H](CC12CCCC(C#N)C1C1(CC2)OCCO1)OS. The predicted octanol–water partition coefficient (Wildman–Crippen LogP) is 2.62. The zero-order chi connectivity index (χ0) is 16.5. The van der Waals surface area contributed by atoms with E-state index < -0.39 is 5.79 Å². The molecule has 4 atom stereocenters. The average molecular weight is 339 g/mol. The van der Waals surface area contributed by atoms with Crippen LogP contribution in [0.2, 0.25) is 0 Å². The first-order valence-electron chi connectivity index (χ1n) is 8.37. The summed E-state index contributed by atoms with van der Waals surface area (Å²) in [5.74, 6) is -0.622. The van der Waals surface area contributed by atoms with Crippen LogP contribution in [0.15, 0.2) is 12.2 Å². The minimum absolute atomic E-state index is 0.0497. The van der Waals surface area contributed by atoms with Crippen molar-refractivity contribution in [2.24, 2.45) is 17.3 Å². The molecule has 1 aliphatic heterocycles. The highest BCUT2D eigenvalue weighted by atomic mass is 32.1. The summed E-state index contributed by atoms with van der Waals surface area (Å²) in [5, 5.41) is 19.1. The molecule has 5 nitrogen and oxygen atoms in total. The molecule has 3 aliphatic rings. The summed E-state index contributed by atoms with van der Waals surface area (Å²) in [7, 11) is 0. The second kappa shape index (κ2) is 6.73. The molecule has 1 heterocycles. The van der Waals surface area contributed by atoms with Crippen LogP contribution in [0, 0.1) is 28.6 Å². The highest BCUT2D eigenvalue weighted by molar-refractivity contribution is 7.75. The van der Waals surface area contributed by atoms with Gasteiger partial charge in [0.1, 0.15) is 0 Å². The summed E-state index contributed by atoms with van der Waals surface area (Å²) in [5.41, 5.74) is 0.551. The van der Waals surface area contributed by atoms with Crippen molar-refractivity contribution in [1.29, 1.82) is 5.26 Å². The molecule has 1 spiro atoms. The molecule has 1 N–H and O–H groups in total. The second-order valence-electron chi connectivity index (χ2n) is 7.09. The van der Waals surface area contributed by atoms with Gasteiger partial charge in [0.05, 0.1) is 37.9 Å². The Morgan fingerprint density at radius 2 is 2.13 bits per heavy atom. The molecular weight excluding hydrogens is 314 g/mol. The number of rotatable bonds is 5. The minimum Gasteiger partial charge on any atom is -0.392 e. The Labute approximate surface area is 143 Å². The molecule has 2 aliphatic carbocycles. The van der Waals surface area contributed by atoms with Gasteiger partial charge < -0.3 is 18.8 Å². The molecule has 0 amide bonds. The summed E-state index contributed by atoms with van der Waals surface area (Å²) >= 11 is 3.98. The second-order valence-corrected chi connectivity index (χ2v) is 7.30.